The van der Waals surface area contributed by atoms with Gasteiger partial charge in [0.25, 0.3) is 0 Å². The van der Waals surface area contributed by atoms with Crippen molar-refractivity contribution in [2.75, 3.05) is 26.2 Å². The van der Waals surface area contributed by atoms with Gasteiger partial charge in [0.15, 0.2) is 0 Å². The number of nitrogens with zero attached hydrogens (tertiary/aromatic N) is 2. The van der Waals surface area contributed by atoms with Gasteiger partial charge in [-0.15, -0.1) is 6.58 Å². The molecule has 104 valence electrons. The zero-order valence-corrected chi connectivity index (χ0v) is 11.2. The van der Waals surface area contributed by atoms with Gasteiger partial charge in [-0.2, -0.15) is 0 Å². The molecular weight excluding hydrogens is 236 g/mol. The molecule has 0 bridgehead atoms. The van der Waals surface area contributed by atoms with E-state index in [9.17, 15) is 9.59 Å². The molecule has 0 aliphatic heterocycles. The van der Waals surface area contributed by atoms with Crippen molar-refractivity contribution in [1.29, 1.82) is 0 Å². The Balaban J connectivity index is 5.09. The fraction of sp³-hybridized carbons (Fsp3) is 0.667. The third kappa shape index (κ3) is 3.73. The van der Waals surface area contributed by atoms with Crippen LogP contribution in [0.1, 0.15) is 20.8 Å². The highest BCUT2D eigenvalue weighted by atomic mass is 16.4. The Labute approximate surface area is 107 Å². The van der Waals surface area contributed by atoms with Crippen LogP contribution in [-0.4, -0.2) is 63.8 Å². The molecule has 0 saturated carbocycles. The smallest absolute Gasteiger partial charge is 0.329 e. The lowest BCUT2D eigenvalue weighted by Crippen LogP contribution is -2.57. The van der Waals surface area contributed by atoms with Gasteiger partial charge < -0.3 is 20.0 Å². The zero-order chi connectivity index (χ0) is 14.3. The first kappa shape index (κ1) is 16.4. The number of aliphatic hydroxyl groups is 1. The van der Waals surface area contributed by atoms with E-state index >= 15 is 0 Å². The monoisotopic (exact) mass is 258 g/mol. The second-order valence-corrected chi connectivity index (χ2v) is 4.35. The molecule has 0 aliphatic rings. The molecule has 0 radical (unpaired) electrons. The van der Waals surface area contributed by atoms with E-state index in [1.165, 1.54) is 29.7 Å². The average molecular weight is 258 g/mol. The highest BCUT2D eigenvalue weighted by Gasteiger charge is 2.38. The summed E-state index contributed by atoms with van der Waals surface area (Å²) in [5, 5.41) is 18.1. The Hall–Kier alpha value is -1.56. The van der Waals surface area contributed by atoms with Crippen LogP contribution in [0.15, 0.2) is 12.7 Å². The van der Waals surface area contributed by atoms with Crippen molar-refractivity contribution in [1.82, 2.24) is 9.80 Å². The third-order valence-electron chi connectivity index (χ3n) is 2.74. The summed E-state index contributed by atoms with van der Waals surface area (Å²) in [6, 6.07) is -0.418. The number of aliphatic carboxylic acids is 1. The van der Waals surface area contributed by atoms with Crippen molar-refractivity contribution < 1.29 is 19.8 Å². The van der Waals surface area contributed by atoms with Crippen molar-refractivity contribution in [2.24, 2.45) is 0 Å². The molecule has 0 aromatic carbocycles. The predicted molar refractivity (Wildman–Crippen MR) is 68.3 cm³/mol. The van der Waals surface area contributed by atoms with E-state index in [0.29, 0.717) is 0 Å². The highest BCUT2D eigenvalue weighted by molar-refractivity contribution is 5.85. The molecule has 2 amide bonds. The standard InChI is InChI=1S/C12H22N2O4/c1-5-7-13(8-9-15)11(18)14(6-2)12(3,4)10(16)17/h5,15H,1,6-9H2,2-4H3,(H,16,17). The minimum absolute atomic E-state index is 0.150. The van der Waals surface area contributed by atoms with Gasteiger partial charge in [0, 0.05) is 19.6 Å². The molecule has 0 aromatic rings. The number of rotatable bonds is 7. The molecule has 0 fully saturated rings. The van der Waals surface area contributed by atoms with Crippen LogP contribution in [0, 0.1) is 0 Å². The number of likely N-dealkylation sites (N-methyl/N-ethyl adjacent to an activating group) is 1. The molecule has 0 saturated heterocycles. The lowest BCUT2D eigenvalue weighted by atomic mass is 10.0. The van der Waals surface area contributed by atoms with Crippen molar-refractivity contribution in [3.63, 3.8) is 0 Å². The normalized spacial score (nSPS) is 10.9. The number of carbonyl (C=O) groups excluding carboxylic acids is 1. The summed E-state index contributed by atoms with van der Waals surface area (Å²) in [7, 11) is 0. The predicted octanol–water partition coefficient (Wildman–Crippen LogP) is 0.772. The number of hydrogen-bond acceptors (Lipinski definition) is 3. The SMILES string of the molecule is C=CCN(CCO)C(=O)N(CC)C(C)(C)C(=O)O. The number of carbonyl (C=O) groups is 2. The molecule has 6 nitrogen and oxygen atoms in total. The minimum atomic E-state index is -1.29. The van der Waals surface area contributed by atoms with Crippen LogP contribution in [0.25, 0.3) is 0 Å². The van der Waals surface area contributed by atoms with Crippen molar-refractivity contribution in [3.8, 4) is 0 Å². The first-order valence-electron chi connectivity index (χ1n) is 5.84. The van der Waals surface area contributed by atoms with Gasteiger partial charge in [0.1, 0.15) is 5.54 Å². The summed E-state index contributed by atoms with van der Waals surface area (Å²) in [5.74, 6) is -1.07. The summed E-state index contributed by atoms with van der Waals surface area (Å²) in [5.41, 5.74) is -1.29. The van der Waals surface area contributed by atoms with E-state index in [2.05, 4.69) is 6.58 Å². The summed E-state index contributed by atoms with van der Waals surface area (Å²) in [4.78, 5) is 26.0. The van der Waals surface area contributed by atoms with E-state index < -0.39 is 17.5 Å². The number of carboxylic acids is 1. The summed E-state index contributed by atoms with van der Waals surface area (Å²) in [6.07, 6.45) is 1.54. The van der Waals surface area contributed by atoms with Gasteiger partial charge >= 0.3 is 12.0 Å². The summed E-state index contributed by atoms with van der Waals surface area (Å²) in [6.45, 7) is 8.72. The molecule has 0 aliphatic carbocycles. The zero-order valence-electron chi connectivity index (χ0n) is 11.2. The van der Waals surface area contributed by atoms with E-state index in [4.69, 9.17) is 10.2 Å². The van der Waals surface area contributed by atoms with Crippen molar-refractivity contribution in [2.45, 2.75) is 26.3 Å². The maximum absolute atomic E-state index is 12.2. The fourth-order valence-corrected chi connectivity index (χ4v) is 1.60. The van der Waals surface area contributed by atoms with Crippen LogP contribution in [0.4, 0.5) is 4.79 Å². The van der Waals surface area contributed by atoms with E-state index in [1.807, 2.05) is 0 Å². The molecule has 6 heteroatoms. The molecule has 18 heavy (non-hydrogen) atoms. The lowest BCUT2D eigenvalue weighted by Gasteiger charge is -2.37. The van der Waals surface area contributed by atoms with Crippen molar-refractivity contribution >= 4 is 12.0 Å². The second kappa shape index (κ2) is 7.00. The van der Waals surface area contributed by atoms with Crippen LogP contribution in [-0.2, 0) is 4.79 Å². The first-order chi connectivity index (χ1) is 8.32. The van der Waals surface area contributed by atoms with E-state index in [0.717, 1.165) is 0 Å². The Morgan fingerprint density at radius 2 is 1.94 bits per heavy atom. The highest BCUT2D eigenvalue weighted by Crippen LogP contribution is 2.16. The van der Waals surface area contributed by atoms with E-state index in [-0.39, 0.29) is 26.2 Å². The summed E-state index contributed by atoms with van der Waals surface area (Å²) < 4.78 is 0. The first-order valence-corrected chi connectivity index (χ1v) is 5.84. The van der Waals surface area contributed by atoms with Gasteiger partial charge in [0.2, 0.25) is 0 Å². The van der Waals surface area contributed by atoms with Crippen LogP contribution in [0.2, 0.25) is 0 Å². The van der Waals surface area contributed by atoms with Gasteiger partial charge in [-0.3, -0.25) is 0 Å². The maximum atomic E-state index is 12.2. The quantitative estimate of drug-likeness (QED) is 0.661. The third-order valence-corrected chi connectivity index (χ3v) is 2.74. The molecule has 0 heterocycles. The van der Waals surface area contributed by atoms with Gasteiger partial charge in [-0.1, -0.05) is 6.08 Å². The number of amides is 2. The summed E-state index contributed by atoms with van der Waals surface area (Å²) >= 11 is 0. The Kier molecular flexibility index (Phi) is 6.40. The van der Waals surface area contributed by atoms with Gasteiger partial charge in [-0.05, 0) is 20.8 Å². The van der Waals surface area contributed by atoms with Crippen LogP contribution >= 0.6 is 0 Å². The number of urea groups is 1. The molecule has 0 atom stereocenters. The average Bonchev–Trinajstić information content (AvgIpc) is 2.28. The van der Waals surface area contributed by atoms with Gasteiger partial charge in [0.05, 0.1) is 6.61 Å². The molecule has 0 unspecified atom stereocenters. The molecule has 2 N–H and O–H groups in total. The van der Waals surface area contributed by atoms with Crippen LogP contribution in [0.5, 0.6) is 0 Å². The molecule has 0 rings (SSSR count). The maximum Gasteiger partial charge on any atom is 0.329 e. The van der Waals surface area contributed by atoms with E-state index in [1.54, 1.807) is 6.92 Å². The molecule has 0 aromatic heterocycles. The lowest BCUT2D eigenvalue weighted by molar-refractivity contribution is -0.147. The Bertz CT molecular complexity index is 315. The fourth-order valence-electron chi connectivity index (χ4n) is 1.60. The van der Waals surface area contributed by atoms with Crippen LogP contribution < -0.4 is 0 Å². The molecule has 0 spiro atoms. The number of hydrogen-bond donors (Lipinski definition) is 2. The topological polar surface area (TPSA) is 81.1 Å². The number of carboxylic acid groups (broad SMARTS) is 1. The minimum Gasteiger partial charge on any atom is -0.480 e. The number of aliphatic hydroxyl groups excluding tert-OH is 1. The van der Waals surface area contributed by atoms with Crippen LogP contribution in [0.3, 0.4) is 0 Å². The van der Waals surface area contributed by atoms with Crippen molar-refractivity contribution in [3.05, 3.63) is 12.7 Å². The largest absolute Gasteiger partial charge is 0.480 e. The Morgan fingerprint density at radius 1 is 1.39 bits per heavy atom. The molecular formula is C12H22N2O4. The van der Waals surface area contributed by atoms with Gasteiger partial charge in [-0.25, -0.2) is 9.59 Å². The second-order valence-electron chi connectivity index (χ2n) is 4.35. The Morgan fingerprint density at radius 3 is 2.28 bits per heavy atom.